The lowest BCUT2D eigenvalue weighted by atomic mass is 9.78. The third-order valence-electron chi connectivity index (χ3n) is 7.20. The fourth-order valence-electron chi connectivity index (χ4n) is 5.01. The Morgan fingerprint density at radius 3 is 2.56 bits per heavy atom. The summed E-state index contributed by atoms with van der Waals surface area (Å²) in [5.74, 6) is 0.887. The summed E-state index contributed by atoms with van der Waals surface area (Å²) in [6.45, 7) is 3.81. The molecule has 0 amide bonds. The van der Waals surface area contributed by atoms with Crippen molar-refractivity contribution in [3.05, 3.63) is 64.2 Å². The summed E-state index contributed by atoms with van der Waals surface area (Å²) in [6, 6.07) is 5.23. The van der Waals surface area contributed by atoms with E-state index >= 15 is 0 Å². The molecular weight excluding hydrogens is 451 g/mol. The summed E-state index contributed by atoms with van der Waals surface area (Å²) >= 11 is 6.01. The molecule has 2 fully saturated rings. The van der Waals surface area contributed by atoms with Crippen molar-refractivity contribution >= 4 is 22.8 Å². The van der Waals surface area contributed by atoms with Crippen molar-refractivity contribution in [2.24, 2.45) is 0 Å². The van der Waals surface area contributed by atoms with Crippen LogP contribution in [0.25, 0.3) is 22.4 Å². The fraction of sp³-hybridized carbons (Fsp3) is 0.423. The first kappa shape index (κ1) is 21.6. The van der Waals surface area contributed by atoms with E-state index in [4.69, 9.17) is 31.5 Å². The van der Waals surface area contributed by atoms with Crippen molar-refractivity contribution in [1.29, 1.82) is 0 Å². The van der Waals surface area contributed by atoms with Gasteiger partial charge in [0.15, 0.2) is 5.65 Å². The van der Waals surface area contributed by atoms with Crippen molar-refractivity contribution in [2.75, 3.05) is 0 Å². The Kier molecular flexibility index (Phi) is 5.32. The SMILES string of the molecule is Cc1nc2nc([C@H]3CCC[C@H](c4cnn(C5CC5)c4)C3)nc(-c3ccc(Cl)cc3F)c2nc1C. The van der Waals surface area contributed by atoms with Crippen LogP contribution >= 0.6 is 11.6 Å². The Bertz CT molecular complexity index is 1400. The topological polar surface area (TPSA) is 69.4 Å². The van der Waals surface area contributed by atoms with Crippen LogP contribution in [0.5, 0.6) is 0 Å². The van der Waals surface area contributed by atoms with Gasteiger partial charge < -0.3 is 0 Å². The normalized spacial score (nSPS) is 20.7. The number of aromatic nitrogens is 6. The number of hydrogen-bond acceptors (Lipinski definition) is 5. The Hall–Kier alpha value is -2.93. The molecular formula is C26H26ClFN6. The van der Waals surface area contributed by atoms with Crippen LogP contribution in [0, 0.1) is 19.7 Å². The second-order valence-corrected chi connectivity index (χ2v) is 10.1. The van der Waals surface area contributed by atoms with Crippen molar-refractivity contribution < 1.29 is 4.39 Å². The molecule has 0 bridgehead atoms. The molecule has 8 heteroatoms. The van der Waals surface area contributed by atoms with Crippen LogP contribution in [0.2, 0.25) is 5.02 Å². The molecule has 0 aliphatic heterocycles. The summed E-state index contributed by atoms with van der Waals surface area (Å²) in [7, 11) is 0. The Morgan fingerprint density at radius 2 is 1.76 bits per heavy atom. The van der Waals surface area contributed by atoms with Gasteiger partial charge in [-0.15, -0.1) is 0 Å². The maximum atomic E-state index is 15.0. The Balaban J connectivity index is 1.41. The third kappa shape index (κ3) is 3.96. The molecule has 4 aromatic rings. The van der Waals surface area contributed by atoms with E-state index in [2.05, 4.69) is 16.0 Å². The molecule has 0 radical (unpaired) electrons. The zero-order valence-electron chi connectivity index (χ0n) is 19.3. The molecule has 2 atom stereocenters. The van der Waals surface area contributed by atoms with Gasteiger partial charge in [0.1, 0.15) is 22.9 Å². The van der Waals surface area contributed by atoms with E-state index in [1.807, 2.05) is 20.0 Å². The van der Waals surface area contributed by atoms with E-state index in [0.717, 1.165) is 37.1 Å². The first-order chi connectivity index (χ1) is 16.5. The van der Waals surface area contributed by atoms with Gasteiger partial charge in [0.25, 0.3) is 0 Å². The number of hydrogen-bond donors (Lipinski definition) is 0. The van der Waals surface area contributed by atoms with E-state index in [0.29, 0.717) is 45.2 Å². The zero-order valence-corrected chi connectivity index (χ0v) is 20.1. The standard InChI is InChI=1S/C26H26ClFN6/c1-14-15(2)31-26-24(30-14)23(21-9-6-19(27)11-22(21)28)32-25(33-26)17-5-3-4-16(10-17)18-12-29-34(13-18)20-7-8-20/h6,9,11-13,16-17,20H,3-5,7-8,10H2,1-2H3/t16-,17-/m0/s1. The number of benzene rings is 1. The predicted octanol–water partition coefficient (Wildman–Crippen LogP) is 6.47. The minimum absolute atomic E-state index is 0.171. The van der Waals surface area contributed by atoms with E-state index in [9.17, 15) is 4.39 Å². The largest absolute Gasteiger partial charge is 0.269 e. The molecule has 3 heterocycles. The van der Waals surface area contributed by atoms with Crippen LogP contribution in [0.1, 0.15) is 79.2 Å². The minimum Gasteiger partial charge on any atom is -0.269 e. The molecule has 0 unspecified atom stereocenters. The molecule has 6 rings (SSSR count). The van der Waals surface area contributed by atoms with Crippen LogP contribution in [-0.2, 0) is 0 Å². The van der Waals surface area contributed by atoms with Gasteiger partial charge in [-0.25, -0.2) is 24.3 Å². The summed E-state index contributed by atoms with van der Waals surface area (Å²) in [5, 5.41) is 4.94. The van der Waals surface area contributed by atoms with Gasteiger partial charge in [0.2, 0.25) is 0 Å². The molecule has 174 valence electrons. The Labute approximate surface area is 202 Å². The van der Waals surface area contributed by atoms with Gasteiger partial charge in [-0.1, -0.05) is 18.0 Å². The van der Waals surface area contributed by atoms with E-state index < -0.39 is 5.82 Å². The predicted molar refractivity (Wildman–Crippen MR) is 129 cm³/mol. The van der Waals surface area contributed by atoms with Crippen LogP contribution in [0.4, 0.5) is 4.39 Å². The average molecular weight is 477 g/mol. The lowest BCUT2D eigenvalue weighted by Gasteiger charge is -2.28. The molecule has 1 aromatic carbocycles. The first-order valence-corrected chi connectivity index (χ1v) is 12.4. The summed E-state index contributed by atoms with van der Waals surface area (Å²) in [4.78, 5) is 19.1. The highest BCUT2D eigenvalue weighted by atomic mass is 35.5. The molecule has 6 nitrogen and oxygen atoms in total. The Morgan fingerprint density at radius 1 is 0.971 bits per heavy atom. The maximum absolute atomic E-state index is 15.0. The fourth-order valence-corrected chi connectivity index (χ4v) is 5.17. The van der Waals surface area contributed by atoms with Crippen LogP contribution < -0.4 is 0 Å². The summed E-state index contributed by atoms with van der Waals surface area (Å²) < 4.78 is 17.1. The highest BCUT2D eigenvalue weighted by molar-refractivity contribution is 6.30. The van der Waals surface area contributed by atoms with Crippen molar-refractivity contribution in [2.45, 2.75) is 70.3 Å². The molecule has 2 aliphatic rings. The van der Waals surface area contributed by atoms with Crippen molar-refractivity contribution in [1.82, 2.24) is 29.7 Å². The van der Waals surface area contributed by atoms with Gasteiger partial charge in [0, 0.05) is 22.7 Å². The number of fused-ring (bicyclic) bond motifs is 1. The van der Waals surface area contributed by atoms with Gasteiger partial charge in [-0.3, -0.25) is 4.68 Å². The highest BCUT2D eigenvalue weighted by Crippen LogP contribution is 2.42. The highest BCUT2D eigenvalue weighted by Gasteiger charge is 2.30. The minimum atomic E-state index is -0.424. The van der Waals surface area contributed by atoms with Crippen LogP contribution in [0.3, 0.4) is 0 Å². The molecule has 0 N–H and O–H groups in total. The number of aryl methyl sites for hydroxylation is 2. The molecule has 2 aliphatic carbocycles. The van der Waals surface area contributed by atoms with Crippen molar-refractivity contribution in [3.63, 3.8) is 0 Å². The smallest absolute Gasteiger partial charge is 0.182 e. The van der Waals surface area contributed by atoms with Crippen LogP contribution in [0.15, 0.2) is 30.6 Å². The molecule has 2 saturated carbocycles. The zero-order chi connectivity index (χ0) is 23.4. The lowest BCUT2D eigenvalue weighted by molar-refractivity contribution is 0.383. The number of rotatable bonds is 4. The van der Waals surface area contributed by atoms with Gasteiger partial charge in [0.05, 0.1) is 23.6 Å². The average Bonchev–Trinajstić information content (AvgIpc) is 3.56. The first-order valence-electron chi connectivity index (χ1n) is 12.0. The van der Waals surface area contributed by atoms with Gasteiger partial charge in [-0.2, -0.15) is 5.10 Å². The number of halogens is 2. The molecule has 0 saturated heterocycles. The van der Waals surface area contributed by atoms with E-state index in [1.54, 1.807) is 12.1 Å². The van der Waals surface area contributed by atoms with Crippen molar-refractivity contribution in [3.8, 4) is 11.3 Å². The molecule has 3 aromatic heterocycles. The van der Waals surface area contributed by atoms with Gasteiger partial charge >= 0.3 is 0 Å². The summed E-state index contributed by atoms with van der Waals surface area (Å²) in [5.41, 5.74) is 4.78. The van der Waals surface area contributed by atoms with E-state index in [-0.39, 0.29) is 5.92 Å². The third-order valence-corrected chi connectivity index (χ3v) is 7.43. The van der Waals surface area contributed by atoms with Crippen LogP contribution in [-0.4, -0.2) is 29.7 Å². The summed E-state index contributed by atoms with van der Waals surface area (Å²) in [6.07, 6.45) is 10.9. The van der Waals surface area contributed by atoms with Gasteiger partial charge in [-0.05, 0) is 75.6 Å². The quantitative estimate of drug-likeness (QED) is 0.337. The number of nitrogens with zero attached hydrogens (tertiary/aromatic N) is 6. The lowest BCUT2D eigenvalue weighted by Crippen LogP contribution is -2.16. The molecule has 0 spiro atoms. The second-order valence-electron chi connectivity index (χ2n) is 9.67. The monoisotopic (exact) mass is 476 g/mol. The van der Waals surface area contributed by atoms with E-state index in [1.165, 1.54) is 24.5 Å². The maximum Gasteiger partial charge on any atom is 0.182 e. The molecule has 34 heavy (non-hydrogen) atoms. The second kappa shape index (κ2) is 8.38.